The molecule has 2 saturated heterocycles. The Bertz CT molecular complexity index is 3600. The van der Waals surface area contributed by atoms with Gasteiger partial charge in [0.25, 0.3) is 0 Å². The summed E-state index contributed by atoms with van der Waals surface area (Å²) in [7, 11) is 2.38. The second-order valence-electron chi connectivity index (χ2n) is 17.4. The quantitative estimate of drug-likeness (QED) is 0.127. The number of piperazine rings is 2. The molecule has 2 fully saturated rings. The van der Waals surface area contributed by atoms with Crippen LogP contribution in [0.25, 0.3) is 66.4 Å². The maximum absolute atomic E-state index is 12.1. The van der Waals surface area contributed by atoms with Gasteiger partial charge >= 0.3 is 41.5 Å². The molecule has 2 aliphatic heterocycles. The zero-order valence-corrected chi connectivity index (χ0v) is 43.9. The van der Waals surface area contributed by atoms with Gasteiger partial charge in [0.05, 0.1) is 51.3 Å². The van der Waals surface area contributed by atoms with Crippen LogP contribution in [0, 0.1) is 0 Å². The molecule has 0 bridgehead atoms. The van der Waals surface area contributed by atoms with E-state index in [9.17, 15) is 14.7 Å². The van der Waals surface area contributed by atoms with Gasteiger partial charge in [-0.25, -0.2) is 39.5 Å². The molecule has 0 spiro atoms. The number of carboxylic acids is 1. The van der Waals surface area contributed by atoms with Crippen molar-refractivity contribution in [2.45, 2.75) is 0 Å². The van der Waals surface area contributed by atoms with Crippen molar-refractivity contribution in [3.63, 3.8) is 0 Å². The molecular formula is C58H53N10NaO6. The number of aromatic nitrogens is 6. The Morgan fingerprint density at radius 1 is 0.427 bits per heavy atom. The molecule has 75 heavy (non-hydrogen) atoms. The number of hydrogen-bond acceptors (Lipinski definition) is 15. The Hall–Kier alpha value is -8.12. The van der Waals surface area contributed by atoms with Crippen molar-refractivity contribution in [1.82, 2.24) is 29.9 Å². The Balaban J connectivity index is 0.000000188. The maximum atomic E-state index is 12.1. The van der Waals surface area contributed by atoms with Crippen molar-refractivity contribution >= 4 is 79.1 Å². The number of nitrogens with zero attached hydrogens (tertiary/aromatic N) is 10. The number of anilines is 4. The van der Waals surface area contributed by atoms with Gasteiger partial charge in [0.2, 0.25) is 0 Å². The van der Waals surface area contributed by atoms with E-state index in [2.05, 4.69) is 74.2 Å². The summed E-state index contributed by atoms with van der Waals surface area (Å²) in [5.41, 5.74) is 8.98. The minimum absolute atomic E-state index is 0. The number of rotatable bonds is 8. The zero-order valence-electron chi connectivity index (χ0n) is 41.9. The fourth-order valence-electron chi connectivity index (χ4n) is 9.25. The standard InChI is InChI=1S/C29H25N5O2.C28H23N5O2.CH4O.Na.H2O/c1-36-29(35)22-11-13-24-25(19-22)32-28(27(31-24)21-8-3-2-4-9-21)34-17-15-33(16-18-34)26-14-12-20-7-5-6-10-23(20)30-26;34-28(35)21-10-12-23-24(18-21)31-27(26(30-23)20-7-2-1-3-8-20)33-16-14-32(15-17-33)25-13-11-19-6-4-5-9-22(19)29-25;1-2;;/h2-14,19H,15-18H2,1H3;1-13,18H,14-17H2,(H,34,35);2H,1H3;;1H2/q;;;+1;/p-1. The molecule has 6 aromatic carbocycles. The van der Waals surface area contributed by atoms with Crippen molar-refractivity contribution in [2.24, 2.45) is 0 Å². The van der Waals surface area contributed by atoms with Gasteiger partial charge in [-0.15, -0.1) is 0 Å². The average molecular weight is 1010 g/mol. The van der Waals surface area contributed by atoms with E-state index in [1.54, 1.807) is 30.3 Å². The summed E-state index contributed by atoms with van der Waals surface area (Å²) in [6.07, 6.45) is 0. The number of carboxylic acid groups (broad SMARTS) is 1. The molecule has 0 saturated carbocycles. The van der Waals surface area contributed by atoms with Gasteiger partial charge in [0.15, 0.2) is 11.6 Å². The van der Waals surface area contributed by atoms with Gasteiger partial charge in [-0.05, 0) is 72.8 Å². The minimum atomic E-state index is -0.973. The largest absolute Gasteiger partial charge is 1.00 e. The van der Waals surface area contributed by atoms with Gasteiger partial charge in [-0.1, -0.05) is 97.1 Å². The number of para-hydroxylation sites is 2. The zero-order chi connectivity index (χ0) is 50.3. The number of fused-ring (bicyclic) bond motifs is 4. The molecule has 2 aliphatic rings. The van der Waals surface area contributed by atoms with Crippen LogP contribution in [-0.4, -0.2) is 124 Å². The van der Waals surface area contributed by atoms with Crippen molar-refractivity contribution in [3.05, 3.63) is 181 Å². The first-order chi connectivity index (χ1) is 35.8. The average Bonchev–Trinajstić information content (AvgIpc) is 3.47. The summed E-state index contributed by atoms with van der Waals surface area (Å²) in [4.78, 5) is 62.3. The predicted octanol–water partition coefficient (Wildman–Crippen LogP) is 6.26. The molecule has 16 nitrogen and oxygen atoms in total. The number of esters is 1. The summed E-state index contributed by atoms with van der Waals surface area (Å²) in [6, 6.07) is 55.1. The van der Waals surface area contributed by atoms with E-state index in [1.807, 2.05) is 84.9 Å². The van der Waals surface area contributed by atoms with Crippen LogP contribution in [0.5, 0.6) is 0 Å². The second-order valence-corrected chi connectivity index (χ2v) is 17.4. The van der Waals surface area contributed by atoms with Crippen molar-refractivity contribution in [3.8, 4) is 22.5 Å². The molecule has 0 atom stereocenters. The van der Waals surface area contributed by atoms with Crippen LogP contribution in [0.4, 0.5) is 23.3 Å². The molecule has 10 aromatic rings. The van der Waals surface area contributed by atoms with E-state index in [4.69, 9.17) is 39.7 Å². The van der Waals surface area contributed by atoms with Gasteiger partial charge in [-0.2, -0.15) is 0 Å². The Morgan fingerprint density at radius 2 is 0.813 bits per heavy atom. The predicted molar refractivity (Wildman–Crippen MR) is 291 cm³/mol. The number of carbonyl (C=O) groups excluding carboxylic acids is 1. The van der Waals surface area contributed by atoms with Crippen LogP contribution in [0.1, 0.15) is 20.7 Å². The SMILES string of the molecule is CO.COC(=O)c1ccc2nc(-c3ccccc3)c(N3CCN(c4ccc5ccccc5n4)CC3)nc2c1.O=C(O)c1ccc2nc(-c3ccccc3)c(N3CCN(c4ccc5ccccc5n4)CC3)nc2c1.[Na+].[OH-]. The summed E-state index contributed by atoms with van der Waals surface area (Å²) in [6.45, 7) is 6.32. The molecule has 17 heteroatoms. The Morgan fingerprint density at radius 3 is 1.24 bits per heavy atom. The van der Waals surface area contributed by atoms with E-state index >= 15 is 0 Å². The second kappa shape index (κ2) is 24.3. The molecule has 12 rings (SSSR count). The third-order valence-corrected chi connectivity index (χ3v) is 13.0. The van der Waals surface area contributed by atoms with Crippen LogP contribution in [0.2, 0.25) is 0 Å². The first kappa shape index (κ1) is 53.2. The number of ether oxygens (including phenoxy) is 1. The van der Waals surface area contributed by atoms with E-state index in [0.717, 1.165) is 133 Å². The van der Waals surface area contributed by atoms with Crippen LogP contribution in [0.3, 0.4) is 0 Å². The molecule has 3 N–H and O–H groups in total. The minimum Gasteiger partial charge on any atom is -0.870 e. The van der Waals surface area contributed by atoms with E-state index in [1.165, 1.54) is 7.11 Å². The van der Waals surface area contributed by atoms with E-state index in [0.29, 0.717) is 22.1 Å². The molecule has 6 heterocycles. The van der Waals surface area contributed by atoms with Crippen molar-refractivity contribution < 1.29 is 59.6 Å². The number of hydrogen-bond donors (Lipinski definition) is 2. The number of methoxy groups -OCH3 is 1. The number of benzene rings is 6. The van der Waals surface area contributed by atoms with Gasteiger partial charge in [0.1, 0.15) is 23.0 Å². The van der Waals surface area contributed by atoms with Gasteiger partial charge in [-0.3, -0.25) is 0 Å². The fourth-order valence-corrected chi connectivity index (χ4v) is 9.25. The number of aliphatic hydroxyl groups is 1. The topological polar surface area (TPSA) is 204 Å². The van der Waals surface area contributed by atoms with Crippen molar-refractivity contribution in [1.29, 1.82) is 0 Å². The summed E-state index contributed by atoms with van der Waals surface area (Å²) >= 11 is 0. The molecule has 0 radical (unpaired) electrons. The third-order valence-electron chi connectivity index (χ3n) is 13.0. The van der Waals surface area contributed by atoms with E-state index < -0.39 is 5.97 Å². The third kappa shape index (κ3) is 11.7. The first-order valence-corrected chi connectivity index (χ1v) is 24.1. The molecule has 0 unspecified atom stereocenters. The van der Waals surface area contributed by atoms with Crippen LogP contribution in [-0.2, 0) is 4.74 Å². The molecule has 4 aromatic heterocycles. The number of carbonyl (C=O) groups is 2. The van der Waals surface area contributed by atoms with Crippen LogP contribution < -0.4 is 49.2 Å². The smallest absolute Gasteiger partial charge is 0.870 e. The molecular weight excluding hydrogens is 956 g/mol. The summed E-state index contributed by atoms with van der Waals surface area (Å²) < 4.78 is 4.90. The van der Waals surface area contributed by atoms with Crippen LogP contribution in [0.15, 0.2) is 170 Å². The molecule has 372 valence electrons. The molecule has 0 amide bonds. The van der Waals surface area contributed by atoms with Gasteiger partial charge in [0, 0.05) is 81.4 Å². The monoisotopic (exact) mass is 1010 g/mol. The maximum Gasteiger partial charge on any atom is 1.00 e. The summed E-state index contributed by atoms with van der Waals surface area (Å²) in [5, 5.41) is 18.7. The van der Waals surface area contributed by atoms with Crippen molar-refractivity contribution in [2.75, 3.05) is 86.2 Å². The summed E-state index contributed by atoms with van der Waals surface area (Å²) in [5.74, 6) is 2.20. The normalized spacial score (nSPS) is 13.2. The number of aromatic carboxylic acids is 1. The van der Waals surface area contributed by atoms with Crippen LogP contribution >= 0.6 is 0 Å². The molecule has 0 aliphatic carbocycles. The Kier molecular flexibility index (Phi) is 17.2. The Labute approximate surface area is 455 Å². The first-order valence-electron chi connectivity index (χ1n) is 24.1. The number of pyridine rings is 2. The van der Waals surface area contributed by atoms with Gasteiger partial charge < -0.3 is 40.0 Å². The number of aliphatic hydroxyl groups excluding tert-OH is 1. The van der Waals surface area contributed by atoms with E-state index in [-0.39, 0.29) is 46.6 Å². The fraction of sp³-hybridized carbons (Fsp3) is 0.172.